The molecule has 2 fully saturated rings. The summed E-state index contributed by atoms with van der Waals surface area (Å²) in [5.41, 5.74) is 5.72. The first kappa shape index (κ1) is 13.7. The van der Waals surface area contributed by atoms with E-state index in [0.29, 0.717) is 26.1 Å². The van der Waals surface area contributed by atoms with Crippen LogP contribution in [0.3, 0.4) is 0 Å². The molecule has 18 heavy (non-hydrogen) atoms. The molecule has 1 amide bonds. The number of methoxy groups -OCH3 is 1. The van der Waals surface area contributed by atoms with Gasteiger partial charge in [0.05, 0.1) is 18.8 Å². The Balaban J connectivity index is 1.89. The topological polar surface area (TPSA) is 79.6 Å². The fraction of sp³-hybridized carbons (Fsp3) is 0.909. The Kier molecular flexibility index (Phi) is 4.50. The summed E-state index contributed by atoms with van der Waals surface area (Å²) >= 11 is 0. The zero-order valence-corrected chi connectivity index (χ0v) is 10.6. The van der Waals surface area contributed by atoms with E-state index >= 15 is 0 Å². The van der Waals surface area contributed by atoms with E-state index in [4.69, 9.17) is 10.5 Å². The molecule has 4 atom stereocenters. The highest BCUT2D eigenvalue weighted by molar-refractivity contribution is 5.82. The Morgan fingerprint density at radius 1 is 1.50 bits per heavy atom. The Bertz CT molecular complexity index is 305. The summed E-state index contributed by atoms with van der Waals surface area (Å²) in [7, 11) is 1.50. The molecule has 0 saturated carbocycles. The SMILES string of the molecule is CO[C@H]1CCN(C(=O)C2CNCC(N)N2)C[C@H]1F. The van der Waals surface area contributed by atoms with Gasteiger partial charge in [0.2, 0.25) is 5.91 Å². The van der Waals surface area contributed by atoms with Crippen molar-refractivity contribution in [3.05, 3.63) is 0 Å². The highest BCUT2D eigenvalue weighted by atomic mass is 19.1. The molecule has 2 aliphatic heterocycles. The lowest BCUT2D eigenvalue weighted by atomic mass is 10.0. The van der Waals surface area contributed by atoms with Crippen LogP contribution < -0.4 is 16.4 Å². The van der Waals surface area contributed by atoms with E-state index in [-0.39, 0.29) is 24.7 Å². The number of carbonyl (C=O) groups excluding carboxylic acids is 1. The van der Waals surface area contributed by atoms with Crippen molar-refractivity contribution in [2.24, 2.45) is 5.73 Å². The first-order valence-electron chi connectivity index (χ1n) is 6.30. The van der Waals surface area contributed by atoms with Gasteiger partial charge in [-0.15, -0.1) is 0 Å². The molecule has 0 aliphatic carbocycles. The number of hydrogen-bond donors (Lipinski definition) is 3. The van der Waals surface area contributed by atoms with Gasteiger partial charge in [-0.2, -0.15) is 0 Å². The molecule has 0 bridgehead atoms. The maximum atomic E-state index is 13.7. The third kappa shape index (κ3) is 2.97. The first-order chi connectivity index (χ1) is 8.61. The van der Waals surface area contributed by atoms with Crippen molar-refractivity contribution in [1.82, 2.24) is 15.5 Å². The van der Waals surface area contributed by atoms with Crippen LogP contribution in [0.15, 0.2) is 0 Å². The van der Waals surface area contributed by atoms with Crippen LogP contribution in [-0.4, -0.2) is 68.6 Å². The van der Waals surface area contributed by atoms with E-state index in [1.165, 1.54) is 7.11 Å². The molecule has 0 radical (unpaired) electrons. The van der Waals surface area contributed by atoms with Crippen LogP contribution in [0.25, 0.3) is 0 Å². The lowest BCUT2D eigenvalue weighted by Crippen LogP contribution is -2.64. The number of nitrogens with zero attached hydrogens (tertiary/aromatic N) is 1. The molecule has 0 aromatic heterocycles. The van der Waals surface area contributed by atoms with Crippen LogP contribution in [0.2, 0.25) is 0 Å². The first-order valence-corrected chi connectivity index (χ1v) is 6.30. The Hall–Kier alpha value is -0.760. The number of piperidine rings is 1. The van der Waals surface area contributed by atoms with Crippen molar-refractivity contribution >= 4 is 5.91 Å². The quantitative estimate of drug-likeness (QED) is 0.558. The number of nitrogens with one attached hydrogen (secondary N) is 2. The van der Waals surface area contributed by atoms with Gasteiger partial charge < -0.3 is 20.7 Å². The number of nitrogens with two attached hydrogens (primary N) is 1. The Morgan fingerprint density at radius 2 is 2.28 bits per heavy atom. The van der Waals surface area contributed by atoms with Gasteiger partial charge in [0.25, 0.3) is 0 Å². The zero-order valence-electron chi connectivity index (χ0n) is 10.6. The minimum Gasteiger partial charge on any atom is -0.378 e. The van der Waals surface area contributed by atoms with E-state index < -0.39 is 12.3 Å². The molecule has 2 saturated heterocycles. The second kappa shape index (κ2) is 5.92. The van der Waals surface area contributed by atoms with E-state index in [9.17, 15) is 9.18 Å². The smallest absolute Gasteiger partial charge is 0.241 e. The third-order valence-electron chi connectivity index (χ3n) is 3.52. The van der Waals surface area contributed by atoms with Crippen LogP contribution >= 0.6 is 0 Å². The Morgan fingerprint density at radius 3 is 2.89 bits per heavy atom. The highest BCUT2D eigenvalue weighted by Crippen LogP contribution is 2.17. The summed E-state index contributed by atoms with van der Waals surface area (Å²) in [5.74, 6) is -0.0881. The van der Waals surface area contributed by atoms with Crippen molar-refractivity contribution in [1.29, 1.82) is 0 Å². The highest BCUT2D eigenvalue weighted by Gasteiger charge is 2.35. The van der Waals surface area contributed by atoms with E-state index in [1.54, 1.807) is 4.90 Å². The maximum Gasteiger partial charge on any atom is 0.241 e. The largest absolute Gasteiger partial charge is 0.378 e. The van der Waals surface area contributed by atoms with Crippen molar-refractivity contribution in [2.45, 2.75) is 30.9 Å². The molecule has 2 rings (SSSR count). The van der Waals surface area contributed by atoms with Gasteiger partial charge >= 0.3 is 0 Å². The summed E-state index contributed by atoms with van der Waals surface area (Å²) in [6, 6.07) is -0.361. The molecule has 2 unspecified atom stereocenters. The predicted molar refractivity (Wildman–Crippen MR) is 64.7 cm³/mol. The van der Waals surface area contributed by atoms with E-state index in [0.717, 1.165) is 0 Å². The van der Waals surface area contributed by atoms with Gasteiger partial charge in [0.15, 0.2) is 0 Å². The van der Waals surface area contributed by atoms with Gasteiger partial charge in [-0.05, 0) is 6.42 Å². The predicted octanol–water partition coefficient (Wildman–Crippen LogP) is -1.58. The van der Waals surface area contributed by atoms with Gasteiger partial charge in [-0.1, -0.05) is 0 Å². The number of hydrogen-bond acceptors (Lipinski definition) is 5. The second-order valence-electron chi connectivity index (χ2n) is 4.85. The van der Waals surface area contributed by atoms with Gasteiger partial charge in [0, 0.05) is 26.7 Å². The summed E-state index contributed by atoms with van der Waals surface area (Å²) in [6.45, 7) is 1.81. The van der Waals surface area contributed by atoms with Crippen LogP contribution in [0.1, 0.15) is 6.42 Å². The summed E-state index contributed by atoms with van der Waals surface area (Å²) < 4.78 is 18.8. The number of halogens is 1. The van der Waals surface area contributed by atoms with Crippen molar-refractivity contribution in [3.8, 4) is 0 Å². The fourth-order valence-corrected chi connectivity index (χ4v) is 2.49. The van der Waals surface area contributed by atoms with Gasteiger partial charge in [0.1, 0.15) is 12.2 Å². The van der Waals surface area contributed by atoms with Crippen LogP contribution in [-0.2, 0) is 9.53 Å². The maximum absolute atomic E-state index is 13.7. The zero-order chi connectivity index (χ0) is 13.1. The van der Waals surface area contributed by atoms with Gasteiger partial charge in [-0.25, -0.2) is 4.39 Å². The van der Waals surface area contributed by atoms with Gasteiger partial charge in [-0.3, -0.25) is 10.1 Å². The van der Waals surface area contributed by atoms with E-state index in [1.807, 2.05) is 0 Å². The monoisotopic (exact) mass is 260 g/mol. The van der Waals surface area contributed by atoms with Crippen LogP contribution in [0, 0.1) is 0 Å². The molecule has 0 spiro atoms. The fourth-order valence-electron chi connectivity index (χ4n) is 2.49. The number of rotatable bonds is 2. The minimum absolute atomic E-state index is 0.0881. The van der Waals surface area contributed by atoms with Crippen molar-refractivity contribution in [2.75, 3.05) is 33.3 Å². The van der Waals surface area contributed by atoms with Crippen molar-refractivity contribution in [3.63, 3.8) is 0 Å². The molecule has 2 heterocycles. The van der Waals surface area contributed by atoms with Crippen molar-refractivity contribution < 1.29 is 13.9 Å². The molecular weight excluding hydrogens is 239 g/mol. The molecule has 4 N–H and O–H groups in total. The number of carbonyl (C=O) groups is 1. The summed E-state index contributed by atoms with van der Waals surface area (Å²) in [6.07, 6.45) is -1.20. The normalized spacial score (nSPS) is 37.6. The number of ether oxygens (including phenoxy) is 1. The minimum atomic E-state index is -1.11. The number of likely N-dealkylation sites (tertiary alicyclic amines) is 1. The average molecular weight is 260 g/mol. The molecule has 2 aliphatic rings. The molecule has 7 heteroatoms. The lowest BCUT2D eigenvalue weighted by molar-refractivity contribution is -0.139. The molecule has 6 nitrogen and oxygen atoms in total. The number of amides is 1. The van der Waals surface area contributed by atoms with Crippen LogP contribution in [0.5, 0.6) is 0 Å². The average Bonchev–Trinajstić information content (AvgIpc) is 2.37. The summed E-state index contributed by atoms with van der Waals surface area (Å²) in [4.78, 5) is 13.8. The third-order valence-corrected chi connectivity index (χ3v) is 3.52. The molecular formula is C11H21FN4O2. The second-order valence-corrected chi connectivity index (χ2v) is 4.85. The van der Waals surface area contributed by atoms with E-state index in [2.05, 4.69) is 10.6 Å². The number of alkyl halides is 1. The lowest BCUT2D eigenvalue weighted by Gasteiger charge is -2.37. The number of piperazine rings is 1. The molecule has 0 aromatic carbocycles. The molecule has 104 valence electrons. The Labute approximate surface area is 106 Å². The molecule has 0 aromatic rings. The van der Waals surface area contributed by atoms with Crippen LogP contribution in [0.4, 0.5) is 4.39 Å². The standard InChI is InChI=1S/C11H21FN4O2/c1-18-9-2-3-16(6-7(9)12)11(17)8-4-14-5-10(13)15-8/h7-10,14-15H,2-6,13H2,1H3/t7-,8?,9+,10?/m1/s1. The summed E-state index contributed by atoms with van der Waals surface area (Å²) in [5, 5.41) is 6.11.